The molecule has 0 aliphatic carbocycles. The first-order valence-corrected chi connectivity index (χ1v) is 10.3. The van der Waals surface area contributed by atoms with E-state index >= 15 is 0 Å². The molecule has 1 heterocycles. The maximum atomic E-state index is 12.9. The van der Waals surface area contributed by atoms with E-state index in [0.717, 1.165) is 16.5 Å². The molecule has 1 unspecified atom stereocenters. The number of hydrogen-bond donors (Lipinski definition) is 3. The van der Waals surface area contributed by atoms with E-state index in [1.54, 1.807) is 56.3 Å². The molecule has 1 aromatic heterocycles. The first-order valence-electron chi connectivity index (χ1n) is 10.3. The first-order chi connectivity index (χ1) is 15.4. The van der Waals surface area contributed by atoms with Gasteiger partial charge in [-0.2, -0.15) is 0 Å². The highest BCUT2D eigenvalue weighted by molar-refractivity contribution is 6.45. The maximum absolute atomic E-state index is 12.9. The number of benzene rings is 3. The Hall–Kier alpha value is -4.19. The molecule has 0 spiro atoms. The van der Waals surface area contributed by atoms with Crippen LogP contribution in [0.15, 0.2) is 78.9 Å². The molecule has 6 heteroatoms. The first kappa shape index (κ1) is 21.1. The fourth-order valence-electron chi connectivity index (χ4n) is 3.71. The molecule has 4 rings (SSSR count). The third kappa shape index (κ3) is 4.30. The molecule has 2 amide bonds. The molecule has 0 saturated heterocycles. The number of aromatic amines is 1. The van der Waals surface area contributed by atoms with Crippen LogP contribution in [0.25, 0.3) is 10.9 Å². The normalized spacial score (nSPS) is 11.7. The van der Waals surface area contributed by atoms with E-state index in [1.807, 2.05) is 36.4 Å². The van der Waals surface area contributed by atoms with Crippen LogP contribution in [0.3, 0.4) is 0 Å². The molecule has 0 saturated carbocycles. The quantitative estimate of drug-likeness (QED) is 0.306. The summed E-state index contributed by atoms with van der Waals surface area (Å²) in [6.45, 7) is 3.58. The van der Waals surface area contributed by atoms with Gasteiger partial charge < -0.3 is 15.6 Å². The van der Waals surface area contributed by atoms with Gasteiger partial charge in [-0.05, 0) is 49.7 Å². The number of fused-ring (bicyclic) bond motifs is 1. The molecule has 3 N–H and O–H groups in total. The summed E-state index contributed by atoms with van der Waals surface area (Å²) in [6.07, 6.45) is 0. The second-order valence-corrected chi connectivity index (χ2v) is 7.64. The van der Waals surface area contributed by atoms with Crippen LogP contribution in [-0.2, 0) is 4.79 Å². The number of para-hydroxylation sites is 1. The average Bonchev–Trinajstić information content (AvgIpc) is 3.14. The number of rotatable bonds is 6. The number of carbonyl (C=O) groups excluding carboxylic acids is 3. The summed E-state index contributed by atoms with van der Waals surface area (Å²) in [5.41, 5.74) is 3.79. The van der Waals surface area contributed by atoms with Crippen molar-refractivity contribution in [2.24, 2.45) is 0 Å². The van der Waals surface area contributed by atoms with Crippen LogP contribution in [0.5, 0.6) is 0 Å². The lowest BCUT2D eigenvalue weighted by atomic mass is 10.0. The standard InChI is InChI=1S/C26H23N3O3/c1-16(19-11-8-12-20(15-19)29-25(31)18-9-4-3-5-10-18)28-26(32)24(30)23-17(2)27-22-14-7-6-13-21(22)23/h3-16,27H,1-2H3,(H,28,32)(H,29,31). The largest absolute Gasteiger partial charge is 0.358 e. The summed E-state index contributed by atoms with van der Waals surface area (Å²) < 4.78 is 0. The van der Waals surface area contributed by atoms with E-state index in [-0.39, 0.29) is 5.91 Å². The molecule has 4 aromatic rings. The van der Waals surface area contributed by atoms with E-state index in [0.29, 0.717) is 22.5 Å². The smallest absolute Gasteiger partial charge is 0.292 e. The second-order valence-electron chi connectivity index (χ2n) is 7.64. The van der Waals surface area contributed by atoms with Crippen LogP contribution < -0.4 is 10.6 Å². The summed E-state index contributed by atoms with van der Waals surface area (Å²) in [6, 6.07) is 23.1. The van der Waals surface area contributed by atoms with E-state index in [2.05, 4.69) is 15.6 Å². The van der Waals surface area contributed by atoms with Crippen molar-refractivity contribution in [2.45, 2.75) is 19.9 Å². The highest BCUT2D eigenvalue weighted by atomic mass is 16.2. The van der Waals surface area contributed by atoms with Crippen molar-refractivity contribution in [1.29, 1.82) is 0 Å². The Labute approximate surface area is 185 Å². The fraction of sp³-hybridized carbons (Fsp3) is 0.115. The maximum Gasteiger partial charge on any atom is 0.292 e. The monoisotopic (exact) mass is 425 g/mol. The molecule has 1 atom stereocenters. The zero-order valence-corrected chi connectivity index (χ0v) is 17.8. The number of nitrogens with one attached hydrogen (secondary N) is 3. The lowest BCUT2D eigenvalue weighted by Crippen LogP contribution is -2.33. The molecule has 0 aliphatic heterocycles. The zero-order chi connectivity index (χ0) is 22.7. The molecule has 160 valence electrons. The number of ketones is 1. The number of carbonyl (C=O) groups is 3. The van der Waals surface area contributed by atoms with Gasteiger partial charge in [-0.25, -0.2) is 0 Å². The highest BCUT2D eigenvalue weighted by Crippen LogP contribution is 2.23. The predicted molar refractivity (Wildman–Crippen MR) is 125 cm³/mol. The summed E-state index contributed by atoms with van der Waals surface area (Å²) in [5, 5.41) is 6.36. The SMILES string of the molecule is Cc1[nH]c2ccccc2c1C(=O)C(=O)NC(C)c1cccc(NC(=O)c2ccccc2)c1. The Morgan fingerprint density at radius 1 is 0.875 bits per heavy atom. The van der Waals surface area contributed by atoms with Crippen molar-refractivity contribution >= 4 is 34.2 Å². The number of amides is 2. The lowest BCUT2D eigenvalue weighted by molar-refractivity contribution is -0.117. The van der Waals surface area contributed by atoms with Crippen LogP contribution >= 0.6 is 0 Å². The van der Waals surface area contributed by atoms with Crippen LogP contribution in [0.1, 0.15) is 44.9 Å². The zero-order valence-electron chi connectivity index (χ0n) is 17.8. The van der Waals surface area contributed by atoms with Crippen LogP contribution in [-0.4, -0.2) is 22.6 Å². The van der Waals surface area contributed by atoms with Crippen LogP contribution in [0, 0.1) is 6.92 Å². The Morgan fingerprint density at radius 2 is 1.59 bits per heavy atom. The van der Waals surface area contributed by atoms with Gasteiger partial charge >= 0.3 is 0 Å². The summed E-state index contributed by atoms with van der Waals surface area (Å²) in [7, 11) is 0. The average molecular weight is 425 g/mol. The Kier molecular flexibility index (Phi) is 5.85. The van der Waals surface area contributed by atoms with Crippen molar-refractivity contribution in [3.05, 3.63) is 101 Å². The van der Waals surface area contributed by atoms with Crippen molar-refractivity contribution in [1.82, 2.24) is 10.3 Å². The third-order valence-electron chi connectivity index (χ3n) is 5.35. The van der Waals surface area contributed by atoms with Gasteiger partial charge in [0, 0.05) is 27.8 Å². The topological polar surface area (TPSA) is 91.1 Å². The Morgan fingerprint density at radius 3 is 2.38 bits per heavy atom. The number of aryl methyl sites for hydroxylation is 1. The van der Waals surface area contributed by atoms with E-state index in [4.69, 9.17) is 0 Å². The number of aromatic nitrogens is 1. The number of anilines is 1. The highest BCUT2D eigenvalue weighted by Gasteiger charge is 2.24. The minimum absolute atomic E-state index is 0.218. The molecule has 0 bridgehead atoms. The van der Waals surface area contributed by atoms with Crippen LogP contribution in [0.4, 0.5) is 5.69 Å². The van der Waals surface area contributed by atoms with Gasteiger partial charge in [0.15, 0.2) is 0 Å². The predicted octanol–water partition coefficient (Wildman–Crippen LogP) is 4.79. The lowest BCUT2D eigenvalue weighted by Gasteiger charge is -2.15. The van der Waals surface area contributed by atoms with Crippen molar-refractivity contribution < 1.29 is 14.4 Å². The molecular weight excluding hydrogens is 402 g/mol. The minimum atomic E-state index is -0.677. The minimum Gasteiger partial charge on any atom is -0.358 e. The van der Waals surface area contributed by atoms with Crippen LogP contribution in [0.2, 0.25) is 0 Å². The number of H-pyrrole nitrogens is 1. The van der Waals surface area contributed by atoms with Crippen molar-refractivity contribution in [3.63, 3.8) is 0 Å². The molecule has 3 aromatic carbocycles. The van der Waals surface area contributed by atoms with Crippen molar-refractivity contribution in [3.8, 4) is 0 Å². The molecule has 0 fully saturated rings. The molecular formula is C26H23N3O3. The van der Waals surface area contributed by atoms with Gasteiger partial charge in [-0.3, -0.25) is 14.4 Å². The van der Waals surface area contributed by atoms with Gasteiger partial charge in [0.1, 0.15) is 0 Å². The molecule has 6 nitrogen and oxygen atoms in total. The van der Waals surface area contributed by atoms with E-state index in [9.17, 15) is 14.4 Å². The Bertz CT molecular complexity index is 1310. The summed E-state index contributed by atoms with van der Waals surface area (Å²) in [5.74, 6) is -1.48. The summed E-state index contributed by atoms with van der Waals surface area (Å²) >= 11 is 0. The molecule has 0 aliphatic rings. The molecule has 0 radical (unpaired) electrons. The summed E-state index contributed by atoms with van der Waals surface area (Å²) in [4.78, 5) is 41.2. The van der Waals surface area contributed by atoms with E-state index in [1.165, 1.54) is 0 Å². The second kappa shape index (κ2) is 8.89. The molecule has 32 heavy (non-hydrogen) atoms. The van der Waals surface area contributed by atoms with Crippen molar-refractivity contribution in [2.75, 3.05) is 5.32 Å². The van der Waals surface area contributed by atoms with E-state index < -0.39 is 17.7 Å². The van der Waals surface area contributed by atoms with Gasteiger partial charge in [-0.15, -0.1) is 0 Å². The van der Waals surface area contributed by atoms with Gasteiger partial charge in [0.25, 0.3) is 17.6 Å². The van der Waals surface area contributed by atoms with Gasteiger partial charge in [0.05, 0.1) is 11.6 Å². The fourth-order valence-corrected chi connectivity index (χ4v) is 3.71. The Balaban J connectivity index is 1.47. The van der Waals surface area contributed by atoms with Gasteiger partial charge in [-0.1, -0.05) is 48.5 Å². The number of Topliss-reactive ketones (excluding diaryl/α,β-unsaturated/α-hetero) is 1. The third-order valence-corrected chi connectivity index (χ3v) is 5.35. The van der Waals surface area contributed by atoms with Gasteiger partial charge in [0.2, 0.25) is 0 Å². The number of hydrogen-bond acceptors (Lipinski definition) is 3.